The first-order chi connectivity index (χ1) is 12.7. The van der Waals surface area contributed by atoms with Gasteiger partial charge in [-0.15, -0.1) is 0 Å². The summed E-state index contributed by atoms with van der Waals surface area (Å²) in [5.74, 6) is -2.54. The van der Waals surface area contributed by atoms with Crippen molar-refractivity contribution in [2.24, 2.45) is 0 Å². The molecule has 3 rings (SSSR count). The van der Waals surface area contributed by atoms with Crippen molar-refractivity contribution in [3.05, 3.63) is 59.6 Å². The van der Waals surface area contributed by atoms with Crippen LogP contribution in [-0.4, -0.2) is 29.3 Å². The number of carbonyl (C=O) groups excluding carboxylic acids is 3. The summed E-state index contributed by atoms with van der Waals surface area (Å²) in [6.45, 7) is 2.37. The Hall–Kier alpha value is -3.23. The van der Waals surface area contributed by atoms with Gasteiger partial charge in [-0.3, -0.25) is 14.5 Å². The minimum atomic E-state index is -1.81. The lowest BCUT2D eigenvalue weighted by Crippen LogP contribution is -2.44. The number of hydrogen-bond donors (Lipinski definition) is 2. The number of amides is 4. The zero-order valence-corrected chi connectivity index (χ0v) is 14.6. The van der Waals surface area contributed by atoms with Gasteiger partial charge in [0.25, 0.3) is 5.91 Å². The van der Waals surface area contributed by atoms with Gasteiger partial charge in [-0.2, -0.15) is 0 Å². The van der Waals surface area contributed by atoms with E-state index in [0.717, 1.165) is 18.2 Å². The first-order valence-electron chi connectivity index (χ1n) is 8.15. The second kappa shape index (κ2) is 6.82. The molecule has 142 valence electrons. The van der Waals surface area contributed by atoms with Gasteiger partial charge in [-0.25, -0.2) is 13.6 Å². The molecule has 2 heterocycles. The first-order valence-corrected chi connectivity index (χ1v) is 8.15. The summed E-state index contributed by atoms with van der Waals surface area (Å²) < 4.78 is 32.8. The second-order valence-electron chi connectivity index (χ2n) is 6.38. The third kappa shape index (κ3) is 3.40. The molecule has 1 aromatic carbocycles. The van der Waals surface area contributed by atoms with Gasteiger partial charge in [0.15, 0.2) is 0 Å². The van der Waals surface area contributed by atoms with Crippen molar-refractivity contribution in [1.82, 2.24) is 15.5 Å². The number of urea groups is 1. The smallest absolute Gasteiger partial charge is 0.325 e. The number of nitrogens with zero attached hydrogens (tertiary/aromatic N) is 1. The Bertz CT molecular complexity index is 900. The van der Waals surface area contributed by atoms with Crippen molar-refractivity contribution >= 4 is 17.8 Å². The molecule has 0 aliphatic carbocycles. The molecule has 9 heteroatoms. The molecular formula is C18H17F2N3O4. The molecule has 7 nitrogen and oxygen atoms in total. The van der Waals surface area contributed by atoms with Crippen LogP contribution in [0.1, 0.15) is 31.2 Å². The summed E-state index contributed by atoms with van der Waals surface area (Å²) in [4.78, 5) is 37.8. The summed E-state index contributed by atoms with van der Waals surface area (Å²) in [6, 6.07) is 4.61. The Balaban J connectivity index is 1.76. The van der Waals surface area contributed by atoms with Crippen molar-refractivity contribution in [2.75, 3.05) is 6.54 Å². The minimum Gasteiger partial charge on any atom is -0.467 e. The second-order valence-corrected chi connectivity index (χ2v) is 6.38. The molecule has 2 aromatic rings. The van der Waals surface area contributed by atoms with Crippen LogP contribution in [0.3, 0.4) is 0 Å². The number of imide groups is 1. The number of rotatable bonds is 5. The Morgan fingerprint density at radius 2 is 2.07 bits per heavy atom. The van der Waals surface area contributed by atoms with E-state index >= 15 is 0 Å². The summed E-state index contributed by atoms with van der Waals surface area (Å²) in [5.41, 5.74) is -2.12. The summed E-state index contributed by atoms with van der Waals surface area (Å²) in [7, 11) is 0. The third-order valence-corrected chi connectivity index (χ3v) is 4.39. The standard InChI is InChI=1S/C18H17F2N3O4/c1-10(14-4-3-7-27-14)21-15(24)9-23-16(25)18(2,22-17(23)26)12-8-11(19)5-6-13(12)20/h3-8,10H,9H2,1-2H3,(H,21,24)(H,22,26)/t10-,18-/m0/s1. The monoisotopic (exact) mass is 377 g/mol. The normalized spacial score (nSPS) is 20.5. The van der Waals surface area contributed by atoms with Crippen molar-refractivity contribution in [3.8, 4) is 0 Å². The van der Waals surface area contributed by atoms with Crippen LogP contribution in [0.4, 0.5) is 13.6 Å². The number of halogens is 2. The van der Waals surface area contributed by atoms with Crippen LogP contribution in [0.5, 0.6) is 0 Å². The van der Waals surface area contributed by atoms with Crippen molar-refractivity contribution in [2.45, 2.75) is 25.4 Å². The molecule has 1 aliphatic heterocycles. The van der Waals surface area contributed by atoms with Crippen LogP contribution < -0.4 is 10.6 Å². The largest absolute Gasteiger partial charge is 0.467 e. The maximum Gasteiger partial charge on any atom is 0.325 e. The van der Waals surface area contributed by atoms with E-state index in [1.165, 1.54) is 13.2 Å². The van der Waals surface area contributed by atoms with Gasteiger partial charge < -0.3 is 15.1 Å². The van der Waals surface area contributed by atoms with Crippen LogP contribution in [0.2, 0.25) is 0 Å². The molecule has 0 unspecified atom stereocenters. The highest BCUT2D eigenvalue weighted by Gasteiger charge is 2.50. The van der Waals surface area contributed by atoms with Crippen LogP contribution in [0.15, 0.2) is 41.0 Å². The molecule has 4 amide bonds. The zero-order chi connectivity index (χ0) is 19.8. The lowest BCUT2D eigenvalue weighted by atomic mass is 9.91. The summed E-state index contributed by atoms with van der Waals surface area (Å²) >= 11 is 0. The van der Waals surface area contributed by atoms with Crippen LogP contribution >= 0.6 is 0 Å². The number of furan rings is 1. The first kappa shape index (κ1) is 18.6. The molecule has 1 aromatic heterocycles. The van der Waals surface area contributed by atoms with Gasteiger partial charge in [0.05, 0.1) is 12.3 Å². The van der Waals surface area contributed by atoms with E-state index < -0.39 is 47.6 Å². The highest BCUT2D eigenvalue weighted by atomic mass is 19.1. The Morgan fingerprint density at radius 1 is 1.33 bits per heavy atom. The van der Waals surface area contributed by atoms with Gasteiger partial charge >= 0.3 is 6.03 Å². The van der Waals surface area contributed by atoms with E-state index in [1.54, 1.807) is 19.1 Å². The average Bonchev–Trinajstić information content (AvgIpc) is 3.21. The summed E-state index contributed by atoms with van der Waals surface area (Å²) in [5, 5.41) is 4.93. The van der Waals surface area contributed by atoms with Gasteiger partial charge in [0.1, 0.15) is 29.5 Å². The highest BCUT2D eigenvalue weighted by molar-refractivity contribution is 6.09. The summed E-state index contributed by atoms with van der Waals surface area (Å²) in [6.07, 6.45) is 1.45. The molecule has 0 bridgehead atoms. The molecular weight excluding hydrogens is 360 g/mol. The molecule has 1 fully saturated rings. The zero-order valence-electron chi connectivity index (χ0n) is 14.6. The van der Waals surface area contributed by atoms with Crippen molar-refractivity contribution < 1.29 is 27.6 Å². The predicted molar refractivity (Wildman–Crippen MR) is 89.2 cm³/mol. The minimum absolute atomic E-state index is 0.312. The van der Waals surface area contributed by atoms with E-state index in [9.17, 15) is 23.2 Å². The SMILES string of the molecule is C[C@H](NC(=O)CN1C(=O)N[C@@](C)(c2cc(F)ccc2F)C1=O)c1ccco1. The number of benzene rings is 1. The molecule has 0 spiro atoms. The van der Waals surface area contributed by atoms with E-state index in [2.05, 4.69) is 10.6 Å². The topological polar surface area (TPSA) is 91.7 Å². The van der Waals surface area contributed by atoms with Gasteiger partial charge in [-0.05, 0) is 44.2 Å². The van der Waals surface area contributed by atoms with Crippen LogP contribution in [0, 0.1) is 11.6 Å². The maximum absolute atomic E-state index is 14.1. The molecule has 0 radical (unpaired) electrons. The molecule has 1 saturated heterocycles. The fourth-order valence-corrected chi connectivity index (χ4v) is 2.94. The fourth-order valence-electron chi connectivity index (χ4n) is 2.94. The van der Waals surface area contributed by atoms with E-state index in [0.29, 0.717) is 10.7 Å². The molecule has 27 heavy (non-hydrogen) atoms. The lowest BCUT2D eigenvalue weighted by molar-refractivity contribution is -0.135. The highest BCUT2D eigenvalue weighted by Crippen LogP contribution is 2.31. The Labute approximate surface area is 153 Å². The van der Waals surface area contributed by atoms with E-state index in [1.807, 2.05) is 0 Å². The van der Waals surface area contributed by atoms with Gasteiger partial charge in [-0.1, -0.05) is 0 Å². The number of carbonyl (C=O) groups is 3. The lowest BCUT2D eigenvalue weighted by Gasteiger charge is -2.23. The van der Waals surface area contributed by atoms with Crippen LogP contribution in [0.25, 0.3) is 0 Å². The average molecular weight is 377 g/mol. The third-order valence-electron chi connectivity index (χ3n) is 4.39. The van der Waals surface area contributed by atoms with Crippen LogP contribution in [-0.2, 0) is 15.1 Å². The van der Waals surface area contributed by atoms with Gasteiger partial charge in [0, 0.05) is 5.56 Å². The predicted octanol–water partition coefficient (Wildman–Crippen LogP) is 2.20. The van der Waals surface area contributed by atoms with E-state index in [4.69, 9.17) is 4.42 Å². The molecule has 1 aliphatic rings. The molecule has 0 saturated carbocycles. The molecule has 2 N–H and O–H groups in total. The number of hydrogen-bond acceptors (Lipinski definition) is 4. The molecule has 2 atom stereocenters. The number of nitrogens with one attached hydrogen (secondary N) is 2. The quantitative estimate of drug-likeness (QED) is 0.782. The fraction of sp³-hybridized carbons (Fsp3) is 0.278. The van der Waals surface area contributed by atoms with Gasteiger partial charge in [0.2, 0.25) is 5.91 Å². The Kier molecular flexibility index (Phi) is 4.69. The Morgan fingerprint density at radius 3 is 2.74 bits per heavy atom. The van der Waals surface area contributed by atoms with E-state index in [-0.39, 0.29) is 5.56 Å². The van der Waals surface area contributed by atoms with Crippen molar-refractivity contribution in [1.29, 1.82) is 0 Å². The van der Waals surface area contributed by atoms with Crippen molar-refractivity contribution in [3.63, 3.8) is 0 Å². The maximum atomic E-state index is 14.1.